The van der Waals surface area contributed by atoms with Crippen molar-refractivity contribution in [3.05, 3.63) is 35.9 Å². The van der Waals surface area contributed by atoms with E-state index >= 15 is 0 Å². The molecule has 2 nitrogen and oxygen atoms in total. The molecule has 2 heteroatoms. The first-order valence-corrected chi connectivity index (χ1v) is 8.60. The lowest BCUT2D eigenvalue weighted by Crippen LogP contribution is -2.61. The Bertz CT molecular complexity index is 415. The lowest BCUT2D eigenvalue weighted by molar-refractivity contribution is 0.0435. The molecule has 2 rings (SSSR count). The van der Waals surface area contributed by atoms with Gasteiger partial charge in [-0.1, -0.05) is 57.5 Å². The Kier molecular flexibility index (Phi) is 5.83. The summed E-state index contributed by atoms with van der Waals surface area (Å²) in [7, 11) is 0. The monoisotopic (exact) mass is 288 g/mol. The van der Waals surface area contributed by atoms with Crippen LogP contribution in [0.3, 0.4) is 0 Å². The van der Waals surface area contributed by atoms with Crippen molar-refractivity contribution in [2.45, 2.75) is 58.5 Å². The molecule has 0 aromatic heterocycles. The first kappa shape index (κ1) is 16.5. The minimum absolute atomic E-state index is 0.125. The van der Waals surface area contributed by atoms with Crippen molar-refractivity contribution >= 4 is 0 Å². The smallest absolute Gasteiger partial charge is 0.0558 e. The fraction of sp³-hybridized carbons (Fsp3) is 0.684. The topological polar surface area (TPSA) is 15.3 Å². The van der Waals surface area contributed by atoms with Gasteiger partial charge in [0.1, 0.15) is 0 Å². The van der Waals surface area contributed by atoms with Crippen molar-refractivity contribution in [1.82, 2.24) is 10.2 Å². The Hall–Kier alpha value is -0.860. The quantitative estimate of drug-likeness (QED) is 0.850. The van der Waals surface area contributed by atoms with Crippen molar-refractivity contribution in [3.8, 4) is 0 Å². The second-order valence-electron chi connectivity index (χ2n) is 7.13. The van der Waals surface area contributed by atoms with E-state index in [9.17, 15) is 0 Å². The average molecular weight is 288 g/mol. The van der Waals surface area contributed by atoms with E-state index in [0.717, 1.165) is 12.5 Å². The molecule has 1 saturated heterocycles. The number of hydrogen-bond donors (Lipinski definition) is 1. The molecule has 1 aromatic carbocycles. The van der Waals surface area contributed by atoms with Gasteiger partial charge < -0.3 is 5.32 Å². The van der Waals surface area contributed by atoms with Crippen LogP contribution in [0.4, 0.5) is 0 Å². The maximum Gasteiger partial charge on any atom is 0.0558 e. The summed E-state index contributed by atoms with van der Waals surface area (Å²) in [4.78, 5) is 2.72. The third-order valence-corrected chi connectivity index (χ3v) is 4.88. The number of nitrogens with zero attached hydrogens (tertiary/aromatic N) is 1. The fourth-order valence-corrected chi connectivity index (χ4v) is 3.36. The molecule has 2 unspecified atom stereocenters. The third-order valence-electron chi connectivity index (χ3n) is 4.88. The molecule has 1 N–H and O–H groups in total. The van der Waals surface area contributed by atoms with Crippen LogP contribution in [0.1, 0.15) is 52.5 Å². The standard InChI is InChI=1S/C19H32N2/c1-5-9-18-14-21(13-12-16(2)3)19(4,15-20-18)17-10-7-6-8-11-17/h6-8,10-11,16,18,20H,5,9,12-15H2,1-4H3. The largest absolute Gasteiger partial charge is 0.311 e. The van der Waals surface area contributed by atoms with Crippen LogP contribution < -0.4 is 5.32 Å². The molecule has 0 amide bonds. The van der Waals surface area contributed by atoms with Crippen LogP contribution in [0.5, 0.6) is 0 Å². The van der Waals surface area contributed by atoms with E-state index in [4.69, 9.17) is 0 Å². The van der Waals surface area contributed by atoms with Crippen LogP contribution >= 0.6 is 0 Å². The Morgan fingerprint density at radius 3 is 2.62 bits per heavy atom. The van der Waals surface area contributed by atoms with Crippen LogP contribution in [0.25, 0.3) is 0 Å². The summed E-state index contributed by atoms with van der Waals surface area (Å²) in [6, 6.07) is 11.7. The van der Waals surface area contributed by atoms with E-state index in [0.29, 0.717) is 6.04 Å². The van der Waals surface area contributed by atoms with Crippen LogP contribution in [0.2, 0.25) is 0 Å². The molecule has 0 bridgehead atoms. The van der Waals surface area contributed by atoms with Gasteiger partial charge in [0.25, 0.3) is 0 Å². The van der Waals surface area contributed by atoms with Gasteiger partial charge in [-0.3, -0.25) is 4.90 Å². The van der Waals surface area contributed by atoms with Gasteiger partial charge in [0.2, 0.25) is 0 Å². The maximum atomic E-state index is 3.79. The van der Waals surface area contributed by atoms with Crippen molar-refractivity contribution in [3.63, 3.8) is 0 Å². The molecule has 1 heterocycles. The summed E-state index contributed by atoms with van der Waals surface area (Å²) >= 11 is 0. The zero-order valence-electron chi connectivity index (χ0n) is 14.2. The second-order valence-corrected chi connectivity index (χ2v) is 7.13. The summed E-state index contributed by atoms with van der Waals surface area (Å²) in [5.74, 6) is 0.768. The number of benzene rings is 1. The van der Waals surface area contributed by atoms with Gasteiger partial charge in [0.15, 0.2) is 0 Å². The second kappa shape index (κ2) is 7.42. The molecule has 2 atom stereocenters. The molecular formula is C19H32N2. The summed E-state index contributed by atoms with van der Waals surface area (Å²) < 4.78 is 0. The summed E-state index contributed by atoms with van der Waals surface area (Å²) in [6.45, 7) is 12.8. The van der Waals surface area contributed by atoms with E-state index in [2.05, 4.69) is 68.2 Å². The van der Waals surface area contributed by atoms with Crippen LogP contribution in [-0.4, -0.2) is 30.6 Å². The average Bonchev–Trinajstić information content (AvgIpc) is 2.49. The Morgan fingerprint density at radius 1 is 1.29 bits per heavy atom. The Morgan fingerprint density at radius 2 is 2.00 bits per heavy atom. The van der Waals surface area contributed by atoms with Gasteiger partial charge in [0, 0.05) is 19.1 Å². The first-order chi connectivity index (χ1) is 10.1. The SMILES string of the molecule is CCCC1CN(CCC(C)C)C(C)(c2ccccc2)CN1. The zero-order chi connectivity index (χ0) is 15.3. The molecule has 21 heavy (non-hydrogen) atoms. The van der Waals surface area contributed by atoms with E-state index in [1.165, 1.54) is 37.9 Å². The Labute approximate surface area is 130 Å². The highest BCUT2D eigenvalue weighted by atomic mass is 15.3. The van der Waals surface area contributed by atoms with Gasteiger partial charge in [-0.05, 0) is 37.8 Å². The minimum atomic E-state index is 0.125. The molecule has 0 aliphatic carbocycles. The predicted octanol–water partition coefficient (Wildman–Crippen LogP) is 4.02. The fourth-order valence-electron chi connectivity index (χ4n) is 3.36. The normalized spacial score (nSPS) is 27.2. The van der Waals surface area contributed by atoms with Crippen LogP contribution in [0, 0.1) is 5.92 Å². The summed E-state index contributed by atoms with van der Waals surface area (Å²) in [5.41, 5.74) is 1.57. The van der Waals surface area contributed by atoms with Gasteiger partial charge in [-0.2, -0.15) is 0 Å². The number of nitrogens with one attached hydrogen (secondary N) is 1. The highest BCUT2D eigenvalue weighted by molar-refractivity contribution is 5.25. The third kappa shape index (κ3) is 4.08. The first-order valence-electron chi connectivity index (χ1n) is 8.60. The molecule has 0 spiro atoms. The highest BCUT2D eigenvalue weighted by Gasteiger charge is 2.38. The van der Waals surface area contributed by atoms with E-state index in [1.54, 1.807) is 0 Å². The van der Waals surface area contributed by atoms with Crippen LogP contribution in [-0.2, 0) is 5.54 Å². The molecule has 1 aliphatic rings. The molecule has 0 saturated carbocycles. The van der Waals surface area contributed by atoms with Gasteiger partial charge in [-0.25, -0.2) is 0 Å². The van der Waals surface area contributed by atoms with Crippen molar-refractivity contribution in [2.75, 3.05) is 19.6 Å². The molecule has 1 aromatic rings. The van der Waals surface area contributed by atoms with E-state index in [-0.39, 0.29) is 5.54 Å². The molecule has 1 aliphatic heterocycles. The summed E-state index contributed by atoms with van der Waals surface area (Å²) in [6.07, 6.45) is 3.82. The Balaban J connectivity index is 2.16. The molecule has 118 valence electrons. The molecule has 0 radical (unpaired) electrons. The maximum absolute atomic E-state index is 3.79. The van der Waals surface area contributed by atoms with E-state index < -0.39 is 0 Å². The van der Waals surface area contributed by atoms with Crippen molar-refractivity contribution in [1.29, 1.82) is 0 Å². The van der Waals surface area contributed by atoms with Gasteiger partial charge >= 0.3 is 0 Å². The zero-order valence-corrected chi connectivity index (χ0v) is 14.2. The van der Waals surface area contributed by atoms with Gasteiger partial charge in [-0.15, -0.1) is 0 Å². The van der Waals surface area contributed by atoms with E-state index in [1.807, 2.05) is 0 Å². The predicted molar refractivity (Wildman–Crippen MR) is 91.5 cm³/mol. The minimum Gasteiger partial charge on any atom is -0.311 e. The summed E-state index contributed by atoms with van der Waals surface area (Å²) in [5, 5.41) is 3.79. The van der Waals surface area contributed by atoms with Crippen molar-refractivity contribution < 1.29 is 0 Å². The van der Waals surface area contributed by atoms with Crippen molar-refractivity contribution in [2.24, 2.45) is 5.92 Å². The highest BCUT2D eigenvalue weighted by Crippen LogP contribution is 2.31. The number of hydrogen-bond acceptors (Lipinski definition) is 2. The number of rotatable bonds is 6. The number of piperazine rings is 1. The molecular weight excluding hydrogens is 256 g/mol. The lowest BCUT2D eigenvalue weighted by Gasteiger charge is -2.49. The lowest BCUT2D eigenvalue weighted by atomic mass is 9.86. The van der Waals surface area contributed by atoms with Crippen LogP contribution in [0.15, 0.2) is 30.3 Å². The molecule has 1 fully saturated rings. The van der Waals surface area contributed by atoms with Gasteiger partial charge in [0.05, 0.1) is 5.54 Å².